The Morgan fingerprint density at radius 1 is 1.19 bits per heavy atom. The molecule has 3 fully saturated rings. The second kappa shape index (κ2) is 9.11. The van der Waals surface area contributed by atoms with Crippen molar-refractivity contribution in [1.29, 1.82) is 0 Å². The summed E-state index contributed by atoms with van der Waals surface area (Å²) in [4.78, 5) is 13.5. The first kappa shape index (κ1) is 21.3. The summed E-state index contributed by atoms with van der Waals surface area (Å²) < 4.78 is 19.6. The minimum atomic E-state index is -0.612. The highest BCUT2D eigenvalue weighted by atomic mass is 19.1. The lowest BCUT2D eigenvalue weighted by molar-refractivity contribution is 0.0593. The van der Waals surface area contributed by atoms with Gasteiger partial charge in [0.1, 0.15) is 5.82 Å². The Morgan fingerprint density at radius 3 is 2.75 bits per heavy atom. The number of nitrogens with zero attached hydrogens (tertiary/aromatic N) is 3. The van der Waals surface area contributed by atoms with E-state index in [9.17, 15) is 9.18 Å². The molecule has 2 aromatic rings. The number of primary amides is 1. The SMILES string of the molecule is NC(=O)c1ccc(N(c2cccc(F)c2)[C@H]2C[C@@H]3CN[C@@H](CC4CCOCC4)[C@H]3C2)nn1. The maximum Gasteiger partial charge on any atom is 0.269 e. The zero-order valence-corrected chi connectivity index (χ0v) is 18.1. The highest BCUT2D eigenvalue weighted by molar-refractivity contribution is 5.90. The van der Waals surface area contributed by atoms with Crippen molar-refractivity contribution in [2.75, 3.05) is 24.7 Å². The molecule has 170 valence electrons. The number of hydrogen-bond donors (Lipinski definition) is 2. The molecular formula is C24H30FN5O2. The van der Waals surface area contributed by atoms with Gasteiger partial charge in [-0.1, -0.05) is 6.07 Å². The van der Waals surface area contributed by atoms with Gasteiger partial charge in [0.25, 0.3) is 5.91 Å². The highest BCUT2D eigenvalue weighted by Crippen LogP contribution is 2.45. The third kappa shape index (κ3) is 4.34. The van der Waals surface area contributed by atoms with E-state index >= 15 is 0 Å². The molecule has 7 nitrogen and oxygen atoms in total. The molecule has 2 aliphatic heterocycles. The van der Waals surface area contributed by atoms with Crippen molar-refractivity contribution < 1.29 is 13.9 Å². The number of amides is 1. The van der Waals surface area contributed by atoms with Crippen LogP contribution in [0.2, 0.25) is 0 Å². The van der Waals surface area contributed by atoms with Crippen LogP contribution in [0.4, 0.5) is 15.9 Å². The zero-order valence-electron chi connectivity index (χ0n) is 18.1. The van der Waals surface area contributed by atoms with Crippen LogP contribution < -0.4 is 16.0 Å². The molecule has 3 aliphatic rings. The summed E-state index contributed by atoms with van der Waals surface area (Å²) in [5, 5.41) is 12.1. The van der Waals surface area contributed by atoms with Crippen molar-refractivity contribution in [2.24, 2.45) is 23.5 Å². The molecule has 3 heterocycles. The number of hydrogen-bond acceptors (Lipinski definition) is 6. The molecule has 0 bridgehead atoms. The first-order valence-electron chi connectivity index (χ1n) is 11.6. The summed E-state index contributed by atoms with van der Waals surface area (Å²) in [6, 6.07) is 10.7. The van der Waals surface area contributed by atoms with E-state index in [2.05, 4.69) is 20.4 Å². The molecule has 2 saturated heterocycles. The predicted octanol–water partition coefficient (Wildman–Crippen LogP) is 3.04. The molecule has 4 atom stereocenters. The normalized spacial score (nSPS) is 27.9. The molecule has 0 spiro atoms. The number of benzene rings is 1. The third-order valence-corrected chi connectivity index (χ3v) is 7.41. The van der Waals surface area contributed by atoms with Crippen molar-refractivity contribution >= 4 is 17.4 Å². The standard InChI is InChI=1S/C24H30FN5O2/c25-17-2-1-3-18(12-17)30(23-5-4-21(24(26)31)28-29-23)19-11-16-14-27-22(20(16)13-19)10-15-6-8-32-9-7-15/h1-5,12,15-16,19-20,22,27H,6-11,13-14H2,(H2,26,31)/t16-,19+,20+,22+/m1/s1. The van der Waals surface area contributed by atoms with E-state index in [1.807, 2.05) is 6.07 Å². The molecule has 1 amide bonds. The second-order valence-electron chi connectivity index (χ2n) is 9.35. The topological polar surface area (TPSA) is 93.4 Å². The van der Waals surface area contributed by atoms with Gasteiger partial charge >= 0.3 is 0 Å². The van der Waals surface area contributed by atoms with Gasteiger partial charge in [0, 0.05) is 31.0 Å². The fourth-order valence-electron chi connectivity index (χ4n) is 5.86. The number of carbonyl (C=O) groups is 1. The van der Waals surface area contributed by atoms with Crippen molar-refractivity contribution in [3.63, 3.8) is 0 Å². The van der Waals surface area contributed by atoms with E-state index < -0.39 is 5.91 Å². The predicted molar refractivity (Wildman–Crippen MR) is 119 cm³/mol. The number of fused-ring (bicyclic) bond motifs is 1. The molecule has 1 aliphatic carbocycles. The summed E-state index contributed by atoms with van der Waals surface area (Å²) in [6.07, 6.45) is 5.52. The minimum absolute atomic E-state index is 0.122. The van der Waals surface area contributed by atoms with Crippen molar-refractivity contribution in [3.05, 3.63) is 47.9 Å². The molecule has 3 N–H and O–H groups in total. The maximum absolute atomic E-state index is 14.1. The van der Waals surface area contributed by atoms with Crippen LogP contribution in [-0.4, -0.2) is 47.9 Å². The number of rotatable bonds is 6. The van der Waals surface area contributed by atoms with Gasteiger partial charge in [0.05, 0.1) is 0 Å². The Kier molecular flexibility index (Phi) is 6.06. The Labute approximate surface area is 187 Å². The van der Waals surface area contributed by atoms with E-state index in [4.69, 9.17) is 10.5 Å². The smallest absolute Gasteiger partial charge is 0.269 e. The summed E-state index contributed by atoms with van der Waals surface area (Å²) in [5.74, 6) is 1.63. The molecule has 1 saturated carbocycles. The number of nitrogens with one attached hydrogen (secondary N) is 1. The van der Waals surface area contributed by atoms with Crippen LogP contribution in [0.3, 0.4) is 0 Å². The van der Waals surface area contributed by atoms with Gasteiger partial charge in [-0.3, -0.25) is 4.79 Å². The lowest BCUT2D eigenvalue weighted by Crippen LogP contribution is -2.35. The lowest BCUT2D eigenvalue weighted by Gasteiger charge is -2.32. The van der Waals surface area contributed by atoms with E-state index in [1.165, 1.54) is 18.6 Å². The molecular weight excluding hydrogens is 409 g/mol. The maximum atomic E-state index is 14.1. The number of carbonyl (C=O) groups excluding carboxylic acids is 1. The van der Waals surface area contributed by atoms with Crippen LogP contribution in [0.15, 0.2) is 36.4 Å². The first-order chi connectivity index (χ1) is 15.6. The van der Waals surface area contributed by atoms with E-state index in [1.54, 1.807) is 18.2 Å². The Morgan fingerprint density at radius 2 is 2.03 bits per heavy atom. The number of aromatic nitrogens is 2. The fraction of sp³-hybridized carbons (Fsp3) is 0.542. The van der Waals surface area contributed by atoms with E-state index in [-0.39, 0.29) is 17.6 Å². The van der Waals surface area contributed by atoms with Crippen LogP contribution in [0.25, 0.3) is 0 Å². The number of nitrogens with two attached hydrogens (primary N) is 1. The Balaban J connectivity index is 1.38. The third-order valence-electron chi connectivity index (χ3n) is 7.41. The number of ether oxygens (including phenoxy) is 1. The fourth-order valence-corrected chi connectivity index (χ4v) is 5.86. The lowest BCUT2D eigenvalue weighted by atomic mass is 9.85. The second-order valence-corrected chi connectivity index (χ2v) is 9.35. The molecule has 8 heteroatoms. The van der Waals surface area contributed by atoms with Gasteiger partial charge in [-0.15, -0.1) is 10.2 Å². The van der Waals surface area contributed by atoms with Crippen molar-refractivity contribution in [3.8, 4) is 0 Å². The summed E-state index contributed by atoms with van der Waals surface area (Å²) in [7, 11) is 0. The van der Waals surface area contributed by atoms with Crippen LogP contribution in [0.1, 0.15) is 42.6 Å². The summed E-state index contributed by atoms with van der Waals surface area (Å²) in [5.41, 5.74) is 6.20. The van der Waals surface area contributed by atoms with Crippen molar-refractivity contribution in [1.82, 2.24) is 15.5 Å². The Bertz CT molecular complexity index is 950. The number of halogens is 1. The van der Waals surface area contributed by atoms with Gasteiger partial charge in [-0.25, -0.2) is 4.39 Å². The van der Waals surface area contributed by atoms with Crippen molar-refractivity contribution in [2.45, 2.75) is 44.2 Å². The highest BCUT2D eigenvalue weighted by Gasteiger charge is 2.46. The average molecular weight is 440 g/mol. The monoisotopic (exact) mass is 439 g/mol. The average Bonchev–Trinajstić information content (AvgIpc) is 3.37. The van der Waals surface area contributed by atoms with Crippen LogP contribution >= 0.6 is 0 Å². The molecule has 1 aromatic heterocycles. The summed E-state index contributed by atoms with van der Waals surface area (Å²) >= 11 is 0. The van der Waals surface area contributed by atoms with Gasteiger partial charge in [0.15, 0.2) is 11.5 Å². The van der Waals surface area contributed by atoms with Gasteiger partial charge < -0.3 is 20.7 Å². The largest absolute Gasteiger partial charge is 0.381 e. The van der Waals surface area contributed by atoms with E-state index in [0.29, 0.717) is 23.7 Å². The van der Waals surface area contributed by atoms with Crippen LogP contribution in [0.5, 0.6) is 0 Å². The zero-order chi connectivity index (χ0) is 22.1. The number of anilines is 2. The van der Waals surface area contributed by atoms with Crippen LogP contribution in [-0.2, 0) is 4.74 Å². The molecule has 0 unspecified atom stereocenters. The van der Waals surface area contributed by atoms with Gasteiger partial charge in [-0.05, 0) is 86.7 Å². The van der Waals surface area contributed by atoms with E-state index in [0.717, 1.165) is 57.0 Å². The minimum Gasteiger partial charge on any atom is -0.381 e. The summed E-state index contributed by atoms with van der Waals surface area (Å²) in [6.45, 7) is 2.78. The first-order valence-corrected chi connectivity index (χ1v) is 11.6. The molecule has 32 heavy (non-hydrogen) atoms. The molecule has 0 radical (unpaired) electrons. The van der Waals surface area contributed by atoms with Gasteiger partial charge in [-0.2, -0.15) is 0 Å². The Hall–Kier alpha value is -2.58. The molecule has 1 aromatic carbocycles. The molecule has 5 rings (SSSR count). The quantitative estimate of drug-likeness (QED) is 0.719. The van der Waals surface area contributed by atoms with Crippen LogP contribution in [0, 0.1) is 23.6 Å². The van der Waals surface area contributed by atoms with Gasteiger partial charge in [0.2, 0.25) is 0 Å².